The molecule has 0 heterocycles. The molecule has 0 saturated carbocycles. The summed E-state index contributed by atoms with van der Waals surface area (Å²) in [5, 5.41) is 0. The summed E-state index contributed by atoms with van der Waals surface area (Å²) in [6.07, 6.45) is 7.90. The number of esters is 2. The van der Waals surface area contributed by atoms with E-state index in [9.17, 15) is 9.59 Å². The Kier molecular flexibility index (Phi) is 16.3. The second-order valence-corrected chi connectivity index (χ2v) is 7.67. The van der Waals surface area contributed by atoms with Crippen molar-refractivity contribution in [2.45, 2.75) is 79.1 Å². The zero-order valence-electron chi connectivity index (χ0n) is 16.7. The molecule has 148 valence electrons. The van der Waals surface area contributed by atoms with Crippen molar-refractivity contribution in [1.29, 1.82) is 0 Å². The second kappa shape index (κ2) is 16.7. The predicted octanol–water partition coefficient (Wildman–Crippen LogP) is 5.24. The van der Waals surface area contributed by atoms with Crippen LogP contribution in [0.15, 0.2) is 0 Å². The van der Waals surface area contributed by atoms with Crippen molar-refractivity contribution in [3.8, 4) is 0 Å². The maximum absolute atomic E-state index is 12.0. The lowest BCUT2D eigenvalue weighted by Gasteiger charge is -2.14. The molecule has 0 aromatic carbocycles. The first-order valence-corrected chi connectivity index (χ1v) is 11.2. The number of hydrogen-bond acceptors (Lipinski definition) is 5. The van der Waals surface area contributed by atoms with Gasteiger partial charge >= 0.3 is 11.9 Å². The minimum absolute atomic E-state index is 0.0417. The van der Waals surface area contributed by atoms with E-state index in [1.165, 1.54) is 0 Å². The largest absolute Gasteiger partial charge is 0.465 e. The molecule has 0 aromatic heterocycles. The second-order valence-electron chi connectivity index (χ2n) is 6.44. The Labute approximate surface area is 158 Å². The van der Waals surface area contributed by atoms with Crippen molar-refractivity contribution in [1.82, 2.24) is 0 Å². The maximum Gasteiger partial charge on any atom is 0.308 e. The number of hydrogen-bond donors (Lipinski definition) is 0. The van der Waals surface area contributed by atoms with E-state index in [2.05, 4.69) is 13.8 Å². The molecule has 4 nitrogen and oxygen atoms in total. The van der Waals surface area contributed by atoms with E-state index in [0.717, 1.165) is 62.9 Å². The molecule has 0 aliphatic rings. The third-order valence-corrected chi connectivity index (χ3v) is 5.32. The number of thioether (sulfide) groups is 1. The van der Waals surface area contributed by atoms with Crippen LogP contribution in [0.25, 0.3) is 0 Å². The number of unbranched alkanes of at least 4 members (excludes halogenated alkanes) is 2. The monoisotopic (exact) mass is 374 g/mol. The smallest absolute Gasteiger partial charge is 0.308 e. The van der Waals surface area contributed by atoms with Crippen LogP contribution >= 0.6 is 11.8 Å². The number of rotatable bonds is 16. The first-order valence-electron chi connectivity index (χ1n) is 10.0. The zero-order chi connectivity index (χ0) is 18.9. The van der Waals surface area contributed by atoms with Gasteiger partial charge in [-0.2, -0.15) is 11.8 Å². The molecule has 2 atom stereocenters. The van der Waals surface area contributed by atoms with Gasteiger partial charge in [0.05, 0.1) is 11.8 Å². The highest BCUT2D eigenvalue weighted by molar-refractivity contribution is 7.99. The molecule has 0 rings (SSSR count). The van der Waals surface area contributed by atoms with Crippen LogP contribution in [0.1, 0.15) is 79.1 Å². The molecule has 0 saturated heterocycles. The van der Waals surface area contributed by atoms with Crippen molar-refractivity contribution >= 4 is 23.7 Å². The standard InChI is InChI=1S/C20H38O4S/c1-5-9-11-17(7-3)19(21)23-13-15-25-16-14-24-20(22)18(8-4)12-10-6-2/h17-18H,5-16H2,1-4H3. The molecule has 2 unspecified atom stereocenters. The highest BCUT2D eigenvalue weighted by atomic mass is 32.2. The summed E-state index contributed by atoms with van der Waals surface area (Å²) in [5.41, 5.74) is 0. The van der Waals surface area contributed by atoms with Crippen LogP contribution in [0.4, 0.5) is 0 Å². The van der Waals surface area contributed by atoms with Gasteiger partial charge in [0.25, 0.3) is 0 Å². The molecular formula is C20H38O4S. The Bertz CT molecular complexity index is 315. The van der Waals surface area contributed by atoms with Crippen molar-refractivity contribution < 1.29 is 19.1 Å². The highest BCUT2D eigenvalue weighted by Crippen LogP contribution is 2.16. The Morgan fingerprint density at radius 1 is 0.760 bits per heavy atom. The van der Waals surface area contributed by atoms with Gasteiger partial charge in [-0.1, -0.05) is 53.4 Å². The van der Waals surface area contributed by atoms with Gasteiger partial charge in [-0.05, 0) is 25.7 Å². The molecule has 25 heavy (non-hydrogen) atoms. The third kappa shape index (κ3) is 12.3. The first-order chi connectivity index (χ1) is 12.1. The summed E-state index contributed by atoms with van der Waals surface area (Å²) < 4.78 is 10.7. The van der Waals surface area contributed by atoms with E-state index in [1.54, 1.807) is 11.8 Å². The summed E-state index contributed by atoms with van der Waals surface area (Å²) in [6.45, 7) is 9.22. The topological polar surface area (TPSA) is 52.6 Å². The van der Waals surface area contributed by atoms with Gasteiger partial charge in [0, 0.05) is 11.5 Å². The Morgan fingerprint density at radius 3 is 1.48 bits per heavy atom. The summed E-state index contributed by atoms with van der Waals surface area (Å²) in [5.74, 6) is 1.45. The van der Waals surface area contributed by atoms with E-state index < -0.39 is 0 Å². The van der Waals surface area contributed by atoms with Crippen LogP contribution in [0.3, 0.4) is 0 Å². The lowest BCUT2D eigenvalue weighted by molar-refractivity contribution is -0.149. The van der Waals surface area contributed by atoms with Crippen LogP contribution in [-0.4, -0.2) is 36.7 Å². The van der Waals surface area contributed by atoms with E-state index in [0.29, 0.717) is 13.2 Å². The molecule has 0 aliphatic heterocycles. The van der Waals surface area contributed by atoms with E-state index in [-0.39, 0.29) is 23.8 Å². The van der Waals surface area contributed by atoms with Crippen LogP contribution < -0.4 is 0 Å². The minimum atomic E-state index is -0.0651. The summed E-state index contributed by atoms with van der Waals surface area (Å²) in [7, 11) is 0. The fourth-order valence-electron chi connectivity index (χ4n) is 2.62. The van der Waals surface area contributed by atoms with Crippen LogP contribution in [-0.2, 0) is 19.1 Å². The molecule has 5 heteroatoms. The predicted molar refractivity (Wildman–Crippen MR) is 106 cm³/mol. The van der Waals surface area contributed by atoms with Crippen molar-refractivity contribution in [3.05, 3.63) is 0 Å². The van der Waals surface area contributed by atoms with Crippen LogP contribution in [0.2, 0.25) is 0 Å². The molecule has 0 radical (unpaired) electrons. The van der Waals surface area contributed by atoms with Crippen molar-refractivity contribution in [2.24, 2.45) is 11.8 Å². The molecule has 0 N–H and O–H groups in total. The molecule has 0 bridgehead atoms. The van der Waals surface area contributed by atoms with Crippen LogP contribution in [0, 0.1) is 11.8 Å². The summed E-state index contributed by atoms with van der Waals surface area (Å²) in [4.78, 5) is 23.9. The minimum Gasteiger partial charge on any atom is -0.465 e. The van der Waals surface area contributed by atoms with Crippen LogP contribution in [0.5, 0.6) is 0 Å². The van der Waals surface area contributed by atoms with E-state index in [1.807, 2.05) is 13.8 Å². The van der Waals surface area contributed by atoms with Gasteiger partial charge in [0.1, 0.15) is 13.2 Å². The molecule has 0 aromatic rings. The number of carbonyl (C=O) groups excluding carboxylic acids is 2. The normalized spacial score (nSPS) is 13.3. The Morgan fingerprint density at radius 2 is 1.16 bits per heavy atom. The van der Waals surface area contributed by atoms with Crippen molar-refractivity contribution in [3.63, 3.8) is 0 Å². The van der Waals surface area contributed by atoms with Gasteiger partial charge in [0.2, 0.25) is 0 Å². The summed E-state index contributed by atoms with van der Waals surface area (Å²) in [6, 6.07) is 0. The number of ether oxygens (including phenoxy) is 2. The van der Waals surface area contributed by atoms with Gasteiger partial charge in [-0.3, -0.25) is 9.59 Å². The number of carbonyl (C=O) groups is 2. The molecule has 0 spiro atoms. The average Bonchev–Trinajstić information content (AvgIpc) is 2.62. The lowest BCUT2D eigenvalue weighted by Crippen LogP contribution is -2.19. The first kappa shape index (κ1) is 24.3. The lowest BCUT2D eigenvalue weighted by atomic mass is 10.00. The fraction of sp³-hybridized carbons (Fsp3) is 0.900. The van der Waals surface area contributed by atoms with Gasteiger partial charge < -0.3 is 9.47 Å². The molecule has 0 aliphatic carbocycles. The molecular weight excluding hydrogens is 336 g/mol. The van der Waals surface area contributed by atoms with Crippen molar-refractivity contribution in [2.75, 3.05) is 24.7 Å². The Balaban J connectivity index is 3.71. The third-order valence-electron chi connectivity index (χ3n) is 4.41. The van der Waals surface area contributed by atoms with Gasteiger partial charge in [-0.25, -0.2) is 0 Å². The molecule has 0 fully saturated rings. The van der Waals surface area contributed by atoms with Gasteiger partial charge in [-0.15, -0.1) is 0 Å². The fourth-order valence-corrected chi connectivity index (χ4v) is 3.22. The SMILES string of the molecule is CCCCC(CC)C(=O)OCCSCCOC(=O)C(CC)CCCC. The van der Waals surface area contributed by atoms with Gasteiger partial charge in [0.15, 0.2) is 0 Å². The quantitative estimate of drug-likeness (QED) is 0.273. The Hall–Kier alpha value is -0.710. The molecule has 0 amide bonds. The zero-order valence-corrected chi connectivity index (χ0v) is 17.5. The average molecular weight is 375 g/mol. The summed E-state index contributed by atoms with van der Waals surface area (Å²) >= 11 is 1.66. The van der Waals surface area contributed by atoms with E-state index in [4.69, 9.17) is 9.47 Å². The maximum atomic E-state index is 12.0. The van der Waals surface area contributed by atoms with E-state index >= 15 is 0 Å². The highest BCUT2D eigenvalue weighted by Gasteiger charge is 2.18.